The highest BCUT2D eigenvalue weighted by Crippen LogP contribution is 2.17. The van der Waals surface area contributed by atoms with Gasteiger partial charge in [0.25, 0.3) is 0 Å². The maximum Gasteiger partial charge on any atom is 0.419 e. The number of aromatic nitrogens is 2. The minimum absolute atomic E-state index is 0.00463. The van der Waals surface area contributed by atoms with Gasteiger partial charge in [0.05, 0.1) is 12.3 Å². The molecule has 0 radical (unpaired) electrons. The molecule has 0 aliphatic carbocycles. The summed E-state index contributed by atoms with van der Waals surface area (Å²) in [5, 5.41) is 0. The maximum atomic E-state index is 12.9. The molecule has 10 heteroatoms. The first-order valence-electron chi connectivity index (χ1n) is 10.5. The molecular formula is C22H37N3O7. The number of nitrogens with zero attached hydrogens (tertiary/aromatic N) is 3. The summed E-state index contributed by atoms with van der Waals surface area (Å²) in [4.78, 5) is 43.3. The number of hydrogen-bond acceptors (Lipinski definition) is 8. The molecule has 0 aliphatic heterocycles. The van der Waals surface area contributed by atoms with Crippen LogP contribution >= 0.6 is 0 Å². The van der Waals surface area contributed by atoms with Crippen LogP contribution in [0.15, 0.2) is 12.5 Å². The number of carbonyl (C=O) groups excluding carboxylic acids is 3. The average molecular weight is 456 g/mol. The van der Waals surface area contributed by atoms with Crippen molar-refractivity contribution in [3.63, 3.8) is 0 Å². The molecule has 1 aromatic heterocycles. The lowest BCUT2D eigenvalue weighted by Crippen LogP contribution is -2.50. The number of hydrogen-bond donors (Lipinski definition) is 0. The number of amides is 1. The number of ether oxygens (including phenoxy) is 4. The highest BCUT2D eigenvalue weighted by atomic mass is 16.6. The standard InChI is InChI=1S/C22H37N3O7/c1-15(2)12-30-18(26)17(25(14-29-9)20(28)32-22(6,7)8)10-16-11-24(13-23-16)19(27)31-21(3,4)5/h11,13,15,17H,10,12,14H2,1-9H3/t17-/m0/s1. The van der Waals surface area contributed by atoms with Gasteiger partial charge in [0.2, 0.25) is 0 Å². The van der Waals surface area contributed by atoms with Crippen LogP contribution < -0.4 is 0 Å². The molecule has 0 aromatic carbocycles. The van der Waals surface area contributed by atoms with Crippen molar-refractivity contribution in [2.45, 2.75) is 79.1 Å². The first kappa shape index (κ1) is 27.4. The summed E-state index contributed by atoms with van der Waals surface area (Å²) >= 11 is 0. The normalized spacial score (nSPS) is 12.9. The van der Waals surface area contributed by atoms with E-state index in [0.717, 1.165) is 4.90 Å². The van der Waals surface area contributed by atoms with Crippen molar-refractivity contribution in [3.05, 3.63) is 18.2 Å². The molecule has 0 spiro atoms. The van der Waals surface area contributed by atoms with Gasteiger partial charge in [-0.3, -0.25) is 4.90 Å². The third-order valence-corrected chi connectivity index (χ3v) is 3.75. The Morgan fingerprint density at radius 3 is 2.16 bits per heavy atom. The van der Waals surface area contributed by atoms with E-state index < -0.39 is 35.4 Å². The number of imidazole rings is 1. The summed E-state index contributed by atoms with van der Waals surface area (Å²) < 4.78 is 22.5. The fraction of sp³-hybridized carbons (Fsp3) is 0.727. The second-order valence-electron chi connectivity index (χ2n) is 9.86. The molecule has 0 saturated carbocycles. The number of carbonyl (C=O) groups is 3. The lowest BCUT2D eigenvalue weighted by Gasteiger charge is -2.31. The van der Waals surface area contributed by atoms with Crippen LogP contribution in [0.4, 0.5) is 9.59 Å². The third kappa shape index (κ3) is 9.67. The zero-order chi connectivity index (χ0) is 24.7. The van der Waals surface area contributed by atoms with Crippen molar-refractivity contribution in [2.24, 2.45) is 5.92 Å². The second-order valence-corrected chi connectivity index (χ2v) is 9.86. The fourth-order valence-electron chi connectivity index (χ4n) is 2.48. The van der Waals surface area contributed by atoms with E-state index in [0.29, 0.717) is 5.69 Å². The second kappa shape index (κ2) is 11.3. The van der Waals surface area contributed by atoms with Gasteiger partial charge in [0, 0.05) is 19.7 Å². The van der Waals surface area contributed by atoms with Gasteiger partial charge in [0.15, 0.2) is 0 Å². The van der Waals surface area contributed by atoms with Crippen LogP contribution in [0.25, 0.3) is 0 Å². The Morgan fingerprint density at radius 2 is 1.66 bits per heavy atom. The van der Waals surface area contributed by atoms with Crippen LogP contribution in [0, 0.1) is 5.92 Å². The van der Waals surface area contributed by atoms with E-state index >= 15 is 0 Å². The highest BCUT2D eigenvalue weighted by molar-refractivity contribution is 5.82. The van der Waals surface area contributed by atoms with Gasteiger partial charge in [0.1, 0.15) is 30.3 Å². The van der Waals surface area contributed by atoms with E-state index in [1.54, 1.807) is 41.5 Å². The Hall–Kier alpha value is -2.62. The summed E-state index contributed by atoms with van der Waals surface area (Å²) in [6.45, 7) is 14.3. The summed E-state index contributed by atoms with van der Waals surface area (Å²) in [6, 6.07) is -1.06. The molecule has 0 N–H and O–H groups in total. The van der Waals surface area contributed by atoms with E-state index in [9.17, 15) is 14.4 Å². The molecule has 1 heterocycles. The SMILES string of the molecule is COCN(C(=O)OC(C)(C)C)[C@@H](Cc1cn(C(=O)OC(C)(C)C)cn1)C(=O)OCC(C)C. The average Bonchev–Trinajstić information content (AvgIpc) is 3.08. The Kier molecular flexibility index (Phi) is 9.69. The predicted molar refractivity (Wildman–Crippen MR) is 117 cm³/mol. The summed E-state index contributed by atoms with van der Waals surface area (Å²) in [5.41, 5.74) is -1.04. The monoisotopic (exact) mass is 455 g/mol. The predicted octanol–water partition coefficient (Wildman–Crippen LogP) is 3.62. The van der Waals surface area contributed by atoms with E-state index in [1.807, 2.05) is 13.8 Å². The molecule has 0 saturated heterocycles. The minimum Gasteiger partial charge on any atom is -0.464 e. The van der Waals surface area contributed by atoms with Crippen molar-refractivity contribution < 1.29 is 33.3 Å². The zero-order valence-corrected chi connectivity index (χ0v) is 20.6. The number of esters is 1. The quantitative estimate of drug-likeness (QED) is 0.332. The van der Waals surface area contributed by atoms with Crippen LogP contribution in [-0.4, -0.2) is 70.3 Å². The topological polar surface area (TPSA) is 109 Å². The Bertz CT molecular complexity index is 775. The van der Waals surface area contributed by atoms with Gasteiger partial charge < -0.3 is 18.9 Å². The first-order valence-corrected chi connectivity index (χ1v) is 10.5. The molecule has 1 aromatic rings. The van der Waals surface area contributed by atoms with Crippen molar-refractivity contribution >= 4 is 18.2 Å². The molecule has 1 atom stereocenters. The molecule has 0 fully saturated rings. The highest BCUT2D eigenvalue weighted by Gasteiger charge is 2.35. The Labute approximate surface area is 190 Å². The van der Waals surface area contributed by atoms with Crippen LogP contribution in [0.5, 0.6) is 0 Å². The molecule has 10 nitrogen and oxygen atoms in total. The van der Waals surface area contributed by atoms with E-state index in [2.05, 4.69) is 4.98 Å². The molecule has 182 valence electrons. The third-order valence-electron chi connectivity index (χ3n) is 3.75. The summed E-state index contributed by atoms with van der Waals surface area (Å²) in [7, 11) is 1.41. The maximum absolute atomic E-state index is 12.9. The van der Waals surface area contributed by atoms with Gasteiger partial charge in [-0.2, -0.15) is 0 Å². The van der Waals surface area contributed by atoms with Crippen molar-refractivity contribution in [3.8, 4) is 0 Å². The van der Waals surface area contributed by atoms with Crippen LogP contribution in [-0.2, 0) is 30.2 Å². The van der Waals surface area contributed by atoms with Gasteiger partial charge in [-0.05, 0) is 47.5 Å². The van der Waals surface area contributed by atoms with Gasteiger partial charge >= 0.3 is 18.2 Å². The van der Waals surface area contributed by atoms with E-state index in [1.165, 1.54) is 24.2 Å². The van der Waals surface area contributed by atoms with Crippen LogP contribution in [0.2, 0.25) is 0 Å². The smallest absolute Gasteiger partial charge is 0.419 e. The van der Waals surface area contributed by atoms with Crippen LogP contribution in [0.3, 0.4) is 0 Å². The van der Waals surface area contributed by atoms with Crippen molar-refractivity contribution in [1.29, 1.82) is 0 Å². The van der Waals surface area contributed by atoms with Crippen LogP contribution in [0.1, 0.15) is 61.1 Å². The molecule has 0 bridgehead atoms. The molecule has 0 aliphatic rings. The molecule has 1 rings (SSSR count). The lowest BCUT2D eigenvalue weighted by molar-refractivity contribution is -0.153. The Balaban J connectivity index is 3.16. The summed E-state index contributed by atoms with van der Waals surface area (Å²) in [5.74, 6) is -0.503. The molecule has 1 amide bonds. The fourth-order valence-corrected chi connectivity index (χ4v) is 2.48. The lowest BCUT2D eigenvalue weighted by atomic mass is 10.1. The van der Waals surface area contributed by atoms with Gasteiger partial charge in [-0.25, -0.2) is 23.9 Å². The van der Waals surface area contributed by atoms with Crippen molar-refractivity contribution in [1.82, 2.24) is 14.5 Å². The number of methoxy groups -OCH3 is 1. The minimum atomic E-state index is -1.06. The first-order chi connectivity index (χ1) is 14.6. The summed E-state index contributed by atoms with van der Waals surface area (Å²) in [6.07, 6.45) is 1.42. The number of rotatable bonds is 8. The zero-order valence-electron chi connectivity index (χ0n) is 20.6. The van der Waals surface area contributed by atoms with Gasteiger partial charge in [-0.15, -0.1) is 0 Å². The molecular weight excluding hydrogens is 418 g/mol. The van der Waals surface area contributed by atoms with Gasteiger partial charge in [-0.1, -0.05) is 13.8 Å². The largest absolute Gasteiger partial charge is 0.464 e. The molecule has 32 heavy (non-hydrogen) atoms. The Morgan fingerprint density at radius 1 is 1.06 bits per heavy atom. The van der Waals surface area contributed by atoms with Crippen molar-refractivity contribution in [2.75, 3.05) is 20.4 Å². The van der Waals surface area contributed by atoms with E-state index in [4.69, 9.17) is 18.9 Å². The molecule has 0 unspecified atom stereocenters. The van der Waals surface area contributed by atoms with E-state index in [-0.39, 0.29) is 25.7 Å².